The Morgan fingerprint density at radius 1 is 1.09 bits per heavy atom. The number of hydrogen-bond donors (Lipinski definition) is 1. The molecule has 6 heteroatoms. The van der Waals surface area contributed by atoms with Crippen molar-refractivity contribution in [1.29, 1.82) is 0 Å². The van der Waals surface area contributed by atoms with E-state index in [2.05, 4.69) is 31.2 Å². The van der Waals surface area contributed by atoms with E-state index >= 15 is 0 Å². The summed E-state index contributed by atoms with van der Waals surface area (Å²) in [7, 11) is 0. The molecule has 118 valence electrons. The molecule has 22 heavy (non-hydrogen) atoms. The first kappa shape index (κ1) is 14.9. The van der Waals surface area contributed by atoms with Crippen LogP contribution in [0.5, 0.6) is 0 Å². The van der Waals surface area contributed by atoms with Crippen molar-refractivity contribution in [2.45, 2.75) is 38.8 Å². The summed E-state index contributed by atoms with van der Waals surface area (Å²) in [5, 5.41) is 7.92. The summed E-state index contributed by atoms with van der Waals surface area (Å²) in [5.74, 6) is 0.893. The molecule has 0 radical (unpaired) electrons. The van der Waals surface area contributed by atoms with Crippen molar-refractivity contribution in [3.63, 3.8) is 0 Å². The van der Waals surface area contributed by atoms with Gasteiger partial charge in [-0.1, -0.05) is 20.8 Å². The van der Waals surface area contributed by atoms with E-state index in [9.17, 15) is 13.2 Å². The summed E-state index contributed by atoms with van der Waals surface area (Å²) in [4.78, 5) is 0. The molecule has 0 atom stereocenters. The fourth-order valence-electron chi connectivity index (χ4n) is 2.76. The summed E-state index contributed by atoms with van der Waals surface area (Å²) < 4.78 is 39.7. The van der Waals surface area contributed by atoms with Crippen LogP contribution in [0.15, 0.2) is 24.3 Å². The molecular formula is C16H18F3N3. The molecular weight excluding hydrogens is 291 g/mol. The lowest BCUT2D eigenvalue weighted by atomic mass is 9.89. The lowest BCUT2D eigenvalue weighted by molar-refractivity contribution is -0.137. The van der Waals surface area contributed by atoms with E-state index in [0.29, 0.717) is 5.69 Å². The number of rotatable bonds is 1. The van der Waals surface area contributed by atoms with Crippen molar-refractivity contribution in [1.82, 2.24) is 9.78 Å². The highest BCUT2D eigenvalue weighted by molar-refractivity contribution is 5.58. The van der Waals surface area contributed by atoms with Crippen LogP contribution < -0.4 is 5.32 Å². The van der Waals surface area contributed by atoms with Gasteiger partial charge in [-0.15, -0.1) is 0 Å². The van der Waals surface area contributed by atoms with Crippen molar-refractivity contribution in [2.24, 2.45) is 0 Å². The lowest BCUT2D eigenvalue weighted by Gasteiger charge is -2.16. The van der Waals surface area contributed by atoms with Crippen molar-refractivity contribution < 1.29 is 13.2 Å². The maximum atomic E-state index is 12.7. The van der Waals surface area contributed by atoms with E-state index in [-0.39, 0.29) is 5.41 Å². The highest BCUT2D eigenvalue weighted by Crippen LogP contribution is 2.36. The van der Waals surface area contributed by atoms with Gasteiger partial charge in [0.05, 0.1) is 16.9 Å². The maximum Gasteiger partial charge on any atom is 0.416 e. The van der Waals surface area contributed by atoms with Gasteiger partial charge in [-0.05, 0) is 30.7 Å². The molecule has 0 amide bonds. The Balaban J connectivity index is 2.06. The van der Waals surface area contributed by atoms with Crippen LogP contribution in [0.1, 0.15) is 37.6 Å². The Labute approximate surface area is 127 Å². The monoisotopic (exact) mass is 309 g/mol. The summed E-state index contributed by atoms with van der Waals surface area (Å²) in [6, 6.07) is 5.11. The molecule has 1 aromatic carbocycles. The van der Waals surface area contributed by atoms with E-state index in [4.69, 9.17) is 0 Å². The van der Waals surface area contributed by atoms with Gasteiger partial charge in [0.15, 0.2) is 0 Å². The topological polar surface area (TPSA) is 29.9 Å². The van der Waals surface area contributed by atoms with Crippen LogP contribution in [-0.2, 0) is 18.0 Å². The van der Waals surface area contributed by atoms with Crippen LogP contribution in [0, 0.1) is 0 Å². The van der Waals surface area contributed by atoms with E-state index in [0.717, 1.165) is 42.2 Å². The number of aromatic nitrogens is 2. The van der Waals surface area contributed by atoms with E-state index in [1.807, 2.05) is 0 Å². The van der Waals surface area contributed by atoms with Gasteiger partial charge in [0.25, 0.3) is 0 Å². The van der Waals surface area contributed by atoms with Crippen LogP contribution in [0.25, 0.3) is 5.69 Å². The molecule has 0 bridgehead atoms. The summed E-state index contributed by atoms with van der Waals surface area (Å²) >= 11 is 0. The average Bonchev–Trinajstić information content (AvgIpc) is 2.97. The Morgan fingerprint density at radius 2 is 1.73 bits per heavy atom. The summed E-state index contributed by atoms with van der Waals surface area (Å²) in [6.45, 7) is 7.10. The Morgan fingerprint density at radius 3 is 2.27 bits per heavy atom. The number of nitrogens with one attached hydrogen (secondary N) is 1. The second-order valence-electron chi connectivity index (χ2n) is 6.56. The standard InChI is InChI=1S/C16H18F3N3/c1-15(2,3)13-12-8-9-20-14(12)22(21-13)11-6-4-10(5-7-11)16(17,18)19/h4-7,20H,8-9H2,1-3H3. The molecule has 1 aliphatic rings. The molecule has 0 saturated heterocycles. The predicted molar refractivity (Wildman–Crippen MR) is 79.5 cm³/mol. The van der Waals surface area contributed by atoms with Gasteiger partial charge in [0, 0.05) is 17.5 Å². The van der Waals surface area contributed by atoms with Crippen molar-refractivity contribution >= 4 is 5.82 Å². The molecule has 1 aromatic heterocycles. The third-order valence-electron chi connectivity index (χ3n) is 3.80. The number of hydrogen-bond acceptors (Lipinski definition) is 2. The quantitative estimate of drug-likeness (QED) is 0.857. The normalized spacial score (nSPS) is 14.8. The third-order valence-corrected chi connectivity index (χ3v) is 3.80. The predicted octanol–water partition coefficient (Wildman–Crippen LogP) is 4.16. The van der Waals surface area contributed by atoms with Gasteiger partial charge in [0.1, 0.15) is 5.82 Å². The number of nitrogens with zero attached hydrogens (tertiary/aromatic N) is 2. The van der Waals surface area contributed by atoms with E-state index in [1.54, 1.807) is 4.68 Å². The third kappa shape index (κ3) is 2.46. The molecule has 0 saturated carbocycles. The molecule has 0 fully saturated rings. The molecule has 0 aliphatic carbocycles. The Hall–Kier alpha value is -1.98. The first-order valence-corrected chi connectivity index (χ1v) is 7.22. The van der Waals surface area contributed by atoms with Crippen LogP contribution in [-0.4, -0.2) is 16.3 Å². The van der Waals surface area contributed by atoms with Gasteiger partial charge >= 0.3 is 6.18 Å². The van der Waals surface area contributed by atoms with Gasteiger partial charge in [0.2, 0.25) is 0 Å². The van der Waals surface area contributed by atoms with Crippen molar-refractivity contribution in [3.8, 4) is 5.69 Å². The number of fused-ring (bicyclic) bond motifs is 1. The molecule has 0 spiro atoms. The summed E-state index contributed by atoms with van der Waals surface area (Å²) in [6.07, 6.45) is -3.43. The smallest absolute Gasteiger partial charge is 0.369 e. The van der Waals surface area contributed by atoms with Crippen molar-refractivity contribution in [2.75, 3.05) is 11.9 Å². The van der Waals surface area contributed by atoms with E-state index < -0.39 is 11.7 Å². The molecule has 2 heterocycles. The minimum atomic E-state index is -4.32. The van der Waals surface area contributed by atoms with Gasteiger partial charge in [-0.2, -0.15) is 18.3 Å². The van der Waals surface area contributed by atoms with Crippen LogP contribution in [0.2, 0.25) is 0 Å². The average molecular weight is 309 g/mol. The molecule has 0 unspecified atom stereocenters. The zero-order valence-corrected chi connectivity index (χ0v) is 12.8. The van der Waals surface area contributed by atoms with Gasteiger partial charge < -0.3 is 5.32 Å². The fraction of sp³-hybridized carbons (Fsp3) is 0.438. The Kier molecular flexibility index (Phi) is 3.23. The second-order valence-corrected chi connectivity index (χ2v) is 6.56. The largest absolute Gasteiger partial charge is 0.416 e. The zero-order chi connectivity index (χ0) is 16.1. The highest BCUT2D eigenvalue weighted by Gasteiger charge is 2.31. The molecule has 1 N–H and O–H groups in total. The number of benzene rings is 1. The number of anilines is 1. The first-order valence-electron chi connectivity index (χ1n) is 7.22. The minimum Gasteiger partial charge on any atom is -0.369 e. The highest BCUT2D eigenvalue weighted by atomic mass is 19.4. The van der Waals surface area contributed by atoms with E-state index in [1.165, 1.54) is 12.1 Å². The maximum absolute atomic E-state index is 12.7. The zero-order valence-electron chi connectivity index (χ0n) is 12.8. The van der Waals surface area contributed by atoms with Gasteiger partial charge in [-0.3, -0.25) is 0 Å². The Bertz CT molecular complexity index is 691. The minimum absolute atomic E-state index is 0.104. The molecule has 3 nitrogen and oxygen atoms in total. The van der Waals surface area contributed by atoms with Gasteiger partial charge in [-0.25, -0.2) is 4.68 Å². The van der Waals surface area contributed by atoms with Crippen LogP contribution in [0.3, 0.4) is 0 Å². The summed E-state index contributed by atoms with van der Waals surface area (Å²) in [5.41, 5.74) is 2.03. The van der Waals surface area contributed by atoms with Crippen LogP contribution in [0.4, 0.5) is 19.0 Å². The second kappa shape index (κ2) is 4.76. The molecule has 3 rings (SSSR count). The number of alkyl halides is 3. The molecule has 2 aromatic rings. The first-order chi connectivity index (χ1) is 10.2. The fourth-order valence-corrected chi connectivity index (χ4v) is 2.76. The van der Waals surface area contributed by atoms with Crippen LogP contribution >= 0.6 is 0 Å². The van der Waals surface area contributed by atoms with Crippen molar-refractivity contribution in [3.05, 3.63) is 41.1 Å². The lowest BCUT2D eigenvalue weighted by Crippen LogP contribution is -2.15. The molecule has 1 aliphatic heterocycles. The SMILES string of the molecule is CC(C)(C)c1nn(-c2ccc(C(F)(F)F)cc2)c2c1CCN2. The number of halogens is 3.